The summed E-state index contributed by atoms with van der Waals surface area (Å²) in [4.78, 5) is 26.9. The number of nitrogens with one attached hydrogen (secondary N) is 3. The molecule has 2 aromatic carbocycles. The number of H-pyrrole nitrogens is 1. The molecule has 0 bridgehead atoms. The number of anilines is 2. The molecule has 1 aliphatic rings. The monoisotopic (exact) mass is 373 g/mol. The van der Waals surface area contributed by atoms with Gasteiger partial charge in [0.2, 0.25) is 0 Å². The minimum absolute atomic E-state index is 0.115. The van der Waals surface area contributed by atoms with Crippen LogP contribution in [0.4, 0.5) is 16.2 Å². The van der Waals surface area contributed by atoms with E-state index in [1.165, 1.54) is 0 Å². The van der Waals surface area contributed by atoms with Crippen molar-refractivity contribution in [2.75, 3.05) is 17.2 Å². The largest absolute Gasteiger partial charge is 0.450 e. The molecule has 3 aromatic rings. The minimum Gasteiger partial charge on any atom is -0.450 e. The zero-order chi connectivity index (χ0) is 19.5. The Balaban J connectivity index is 1.58. The number of hydrogen-bond donors (Lipinski definition) is 3. The zero-order valence-electron chi connectivity index (χ0n) is 15.3. The first-order valence-corrected chi connectivity index (χ1v) is 8.99. The summed E-state index contributed by atoms with van der Waals surface area (Å²) in [6, 6.07) is 17.1. The number of amides is 2. The van der Waals surface area contributed by atoms with Crippen molar-refractivity contribution in [2.24, 2.45) is 0 Å². The van der Waals surface area contributed by atoms with E-state index in [0.29, 0.717) is 17.9 Å². The number of aromatic amines is 1. The lowest BCUT2D eigenvalue weighted by Gasteiger charge is -2.08. The lowest BCUT2D eigenvalue weighted by Crippen LogP contribution is -2.12. The lowest BCUT2D eigenvalue weighted by molar-refractivity contribution is -0.110. The highest BCUT2D eigenvalue weighted by atomic mass is 16.5. The molecular formula is C22H19N3O3. The van der Waals surface area contributed by atoms with Gasteiger partial charge in [0.1, 0.15) is 0 Å². The normalized spacial score (nSPS) is 13.9. The highest BCUT2D eigenvalue weighted by molar-refractivity contribution is 6.35. The van der Waals surface area contributed by atoms with Gasteiger partial charge in [0, 0.05) is 28.8 Å². The number of ether oxygens (including phenoxy) is 1. The Hall–Kier alpha value is -3.80. The second-order valence-corrected chi connectivity index (χ2v) is 6.32. The quantitative estimate of drug-likeness (QED) is 0.578. The van der Waals surface area contributed by atoms with Crippen molar-refractivity contribution >= 4 is 35.0 Å². The summed E-state index contributed by atoms with van der Waals surface area (Å²) in [7, 11) is 0. The van der Waals surface area contributed by atoms with Crippen LogP contribution in [0.3, 0.4) is 0 Å². The number of rotatable bonds is 4. The van der Waals surface area contributed by atoms with Gasteiger partial charge in [0.05, 0.1) is 12.2 Å². The minimum atomic E-state index is -0.475. The van der Waals surface area contributed by atoms with Crippen molar-refractivity contribution in [3.05, 3.63) is 72.1 Å². The molecule has 2 amide bonds. The van der Waals surface area contributed by atoms with Gasteiger partial charge in [-0.3, -0.25) is 10.1 Å². The number of fused-ring (bicyclic) bond motifs is 1. The van der Waals surface area contributed by atoms with Crippen LogP contribution in [0, 0.1) is 0 Å². The molecule has 0 saturated carbocycles. The third-order valence-corrected chi connectivity index (χ3v) is 4.46. The fraction of sp³-hybridized carbons (Fsp3) is 0.0909. The van der Waals surface area contributed by atoms with E-state index in [0.717, 1.165) is 28.1 Å². The molecule has 2 heterocycles. The summed E-state index contributed by atoms with van der Waals surface area (Å²) < 4.78 is 4.87. The average Bonchev–Trinajstić information content (AvgIpc) is 3.30. The second-order valence-electron chi connectivity index (χ2n) is 6.32. The zero-order valence-corrected chi connectivity index (χ0v) is 15.3. The van der Waals surface area contributed by atoms with Gasteiger partial charge < -0.3 is 15.0 Å². The van der Waals surface area contributed by atoms with Gasteiger partial charge in [-0.2, -0.15) is 0 Å². The highest BCUT2D eigenvalue weighted by Gasteiger charge is 2.24. The first kappa shape index (κ1) is 17.6. The topological polar surface area (TPSA) is 83.2 Å². The summed E-state index contributed by atoms with van der Waals surface area (Å²) in [6.07, 6.45) is 3.19. The summed E-state index contributed by atoms with van der Waals surface area (Å²) in [5.74, 6) is -0.115. The molecule has 140 valence electrons. The maximum atomic E-state index is 12.4. The van der Waals surface area contributed by atoms with Crippen molar-refractivity contribution in [3.63, 3.8) is 0 Å². The maximum Gasteiger partial charge on any atom is 0.411 e. The predicted molar refractivity (Wildman–Crippen MR) is 110 cm³/mol. The van der Waals surface area contributed by atoms with E-state index in [4.69, 9.17) is 4.74 Å². The lowest BCUT2D eigenvalue weighted by atomic mass is 10.00. The van der Waals surface area contributed by atoms with Crippen LogP contribution in [0.15, 0.2) is 60.8 Å². The van der Waals surface area contributed by atoms with Crippen molar-refractivity contribution < 1.29 is 14.3 Å². The molecule has 0 atom stereocenters. The molecular weight excluding hydrogens is 354 g/mol. The summed E-state index contributed by atoms with van der Waals surface area (Å²) >= 11 is 0. The Morgan fingerprint density at radius 1 is 1.11 bits per heavy atom. The molecule has 1 aromatic heterocycles. The van der Waals surface area contributed by atoms with Crippen LogP contribution in [0.2, 0.25) is 0 Å². The first-order valence-electron chi connectivity index (χ1n) is 8.99. The molecule has 1 aliphatic heterocycles. The SMILES string of the molecule is CCOC(=O)Nc1ccc(-c2ccc3c(c2)NC(=O)/C3=C\c2ccc[nH]2)cc1. The molecule has 4 rings (SSSR count). The Morgan fingerprint density at radius 2 is 1.89 bits per heavy atom. The van der Waals surface area contributed by atoms with Gasteiger partial charge in [-0.25, -0.2) is 4.79 Å². The van der Waals surface area contributed by atoms with E-state index < -0.39 is 6.09 Å². The van der Waals surface area contributed by atoms with Gasteiger partial charge in [0.25, 0.3) is 5.91 Å². The van der Waals surface area contributed by atoms with Crippen LogP contribution in [0.5, 0.6) is 0 Å². The molecule has 0 radical (unpaired) electrons. The third-order valence-electron chi connectivity index (χ3n) is 4.46. The number of aromatic nitrogens is 1. The van der Waals surface area contributed by atoms with E-state index in [2.05, 4.69) is 15.6 Å². The predicted octanol–water partition coefficient (Wildman–Crippen LogP) is 4.74. The fourth-order valence-electron chi connectivity index (χ4n) is 3.14. The summed E-state index contributed by atoms with van der Waals surface area (Å²) in [5.41, 5.74) is 5.80. The molecule has 0 aliphatic carbocycles. The van der Waals surface area contributed by atoms with Crippen LogP contribution < -0.4 is 10.6 Å². The van der Waals surface area contributed by atoms with Crippen molar-refractivity contribution in [1.29, 1.82) is 0 Å². The van der Waals surface area contributed by atoms with Gasteiger partial charge in [-0.1, -0.05) is 24.3 Å². The number of hydrogen-bond acceptors (Lipinski definition) is 3. The number of carbonyl (C=O) groups excluding carboxylic acids is 2. The first-order chi connectivity index (χ1) is 13.6. The van der Waals surface area contributed by atoms with Crippen LogP contribution in [0.25, 0.3) is 22.8 Å². The van der Waals surface area contributed by atoms with Crippen LogP contribution in [-0.4, -0.2) is 23.6 Å². The van der Waals surface area contributed by atoms with E-state index in [1.54, 1.807) is 6.92 Å². The Bertz CT molecular complexity index is 1050. The van der Waals surface area contributed by atoms with Crippen molar-refractivity contribution in [3.8, 4) is 11.1 Å². The molecule has 3 N–H and O–H groups in total. The number of carbonyl (C=O) groups is 2. The molecule has 0 fully saturated rings. The highest BCUT2D eigenvalue weighted by Crippen LogP contribution is 2.36. The van der Waals surface area contributed by atoms with Gasteiger partial charge in [0.15, 0.2) is 0 Å². The molecule has 6 nitrogen and oxygen atoms in total. The van der Waals surface area contributed by atoms with Crippen molar-refractivity contribution in [2.45, 2.75) is 6.92 Å². The average molecular weight is 373 g/mol. The van der Waals surface area contributed by atoms with Gasteiger partial charge in [-0.15, -0.1) is 0 Å². The standard InChI is InChI=1S/C22H19N3O3/c1-2-28-22(27)24-16-8-5-14(6-9-16)15-7-10-18-19(13-17-4-3-11-23-17)21(26)25-20(18)12-15/h3-13,23H,2H2,1H3,(H,24,27)(H,25,26)/b19-13-. The fourth-order valence-corrected chi connectivity index (χ4v) is 3.14. The third kappa shape index (κ3) is 3.53. The Kier molecular flexibility index (Phi) is 4.68. The van der Waals surface area contributed by atoms with Gasteiger partial charge in [-0.05, 0) is 54.5 Å². The smallest absolute Gasteiger partial charge is 0.411 e. The van der Waals surface area contributed by atoms with Crippen LogP contribution >= 0.6 is 0 Å². The van der Waals surface area contributed by atoms with Crippen LogP contribution in [0.1, 0.15) is 18.2 Å². The molecule has 0 unspecified atom stereocenters. The molecule has 28 heavy (non-hydrogen) atoms. The van der Waals surface area contributed by atoms with E-state index in [-0.39, 0.29) is 5.91 Å². The van der Waals surface area contributed by atoms with Gasteiger partial charge >= 0.3 is 6.09 Å². The number of benzene rings is 2. The summed E-state index contributed by atoms with van der Waals surface area (Å²) in [5, 5.41) is 5.59. The van der Waals surface area contributed by atoms with Crippen LogP contribution in [-0.2, 0) is 9.53 Å². The van der Waals surface area contributed by atoms with E-state index in [1.807, 2.05) is 66.9 Å². The molecule has 6 heteroatoms. The molecule has 0 spiro atoms. The molecule has 0 saturated heterocycles. The second kappa shape index (κ2) is 7.44. The summed E-state index contributed by atoms with van der Waals surface area (Å²) in [6.45, 7) is 2.08. The van der Waals surface area contributed by atoms with Crippen molar-refractivity contribution in [1.82, 2.24) is 4.98 Å². The van der Waals surface area contributed by atoms with E-state index in [9.17, 15) is 9.59 Å². The Labute approximate surface area is 162 Å². The van der Waals surface area contributed by atoms with E-state index >= 15 is 0 Å². The maximum absolute atomic E-state index is 12.4. The Morgan fingerprint density at radius 3 is 2.61 bits per heavy atom.